The topological polar surface area (TPSA) is 3.24 Å². The molecule has 0 amide bonds. The number of benzene rings is 1. The Kier molecular flexibility index (Phi) is 3.35. The quantitative estimate of drug-likeness (QED) is 0.724. The summed E-state index contributed by atoms with van der Waals surface area (Å²) >= 11 is 0. The first-order chi connectivity index (χ1) is 8.30. The fraction of sp³-hybridized carbons (Fsp3) is 0.600. The second kappa shape index (κ2) is 4.52. The van der Waals surface area contributed by atoms with Crippen LogP contribution in [0.4, 0.5) is 14.5 Å². The van der Waals surface area contributed by atoms with Crippen LogP contribution in [0.1, 0.15) is 39.2 Å². The maximum absolute atomic E-state index is 13.2. The lowest BCUT2D eigenvalue weighted by Gasteiger charge is -2.36. The lowest BCUT2D eigenvalue weighted by atomic mass is 9.85. The average Bonchev–Trinajstić information content (AvgIpc) is 2.28. The molecule has 0 aliphatic carbocycles. The smallest absolute Gasteiger partial charge is 0.251 e. The molecule has 3 heteroatoms. The molecule has 1 saturated heterocycles. The van der Waals surface area contributed by atoms with E-state index in [0.717, 1.165) is 5.69 Å². The molecule has 0 N–H and O–H groups in total. The molecule has 1 nitrogen and oxygen atoms in total. The van der Waals surface area contributed by atoms with Gasteiger partial charge in [-0.2, -0.15) is 0 Å². The minimum Gasteiger partial charge on any atom is -0.371 e. The predicted octanol–water partition coefficient (Wildman–Crippen LogP) is 4.22. The van der Waals surface area contributed by atoms with Crippen LogP contribution in [-0.2, 0) is 5.41 Å². The molecule has 1 heterocycles. The lowest BCUT2D eigenvalue weighted by Crippen LogP contribution is -2.40. The number of hydrogen-bond acceptors (Lipinski definition) is 1. The van der Waals surface area contributed by atoms with Gasteiger partial charge in [-0.05, 0) is 17.0 Å². The van der Waals surface area contributed by atoms with E-state index in [1.54, 1.807) is 0 Å². The van der Waals surface area contributed by atoms with Gasteiger partial charge in [0.15, 0.2) is 0 Å². The molecule has 0 aromatic heterocycles. The molecule has 1 aliphatic rings. The molecule has 0 bridgehead atoms. The molecule has 0 spiro atoms. The van der Waals surface area contributed by atoms with Gasteiger partial charge in [-0.1, -0.05) is 39.0 Å². The van der Waals surface area contributed by atoms with Gasteiger partial charge in [-0.3, -0.25) is 0 Å². The summed E-state index contributed by atoms with van der Waals surface area (Å²) in [6.45, 7) is 7.36. The van der Waals surface area contributed by atoms with E-state index in [-0.39, 0.29) is 18.3 Å². The molecule has 0 atom stereocenters. The summed E-state index contributed by atoms with van der Waals surface area (Å²) in [4.78, 5) is 2.10. The first-order valence-electron chi connectivity index (χ1n) is 6.52. The molecule has 0 radical (unpaired) electrons. The predicted molar refractivity (Wildman–Crippen MR) is 71.5 cm³/mol. The number of halogens is 2. The zero-order valence-electron chi connectivity index (χ0n) is 11.3. The largest absolute Gasteiger partial charge is 0.371 e. The number of para-hydroxylation sites is 1. The number of hydrogen-bond donors (Lipinski definition) is 0. The van der Waals surface area contributed by atoms with Crippen molar-refractivity contribution in [1.29, 1.82) is 0 Å². The number of piperidine rings is 1. The maximum Gasteiger partial charge on any atom is 0.251 e. The van der Waals surface area contributed by atoms with Gasteiger partial charge >= 0.3 is 0 Å². The summed E-state index contributed by atoms with van der Waals surface area (Å²) in [5.41, 5.74) is 2.38. The first kappa shape index (κ1) is 13.3. The summed E-state index contributed by atoms with van der Waals surface area (Å²) in [7, 11) is 0. The van der Waals surface area contributed by atoms with Gasteiger partial charge in [0.25, 0.3) is 5.92 Å². The minimum absolute atomic E-state index is 0.0362. The molecule has 2 rings (SSSR count). The van der Waals surface area contributed by atoms with Crippen molar-refractivity contribution in [3.63, 3.8) is 0 Å². The van der Waals surface area contributed by atoms with Gasteiger partial charge < -0.3 is 4.90 Å². The van der Waals surface area contributed by atoms with Crippen LogP contribution in [0.5, 0.6) is 0 Å². The van der Waals surface area contributed by atoms with Gasteiger partial charge in [0, 0.05) is 31.6 Å². The molecule has 1 aromatic rings. The van der Waals surface area contributed by atoms with Crippen LogP contribution >= 0.6 is 0 Å². The van der Waals surface area contributed by atoms with Crippen molar-refractivity contribution >= 4 is 5.69 Å². The monoisotopic (exact) mass is 253 g/mol. The van der Waals surface area contributed by atoms with Crippen molar-refractivity contribution in [3.05, 3.63) is 29.8 Å². The molecule has 0 unspecified atom stereocenters. The third-order valence-electron chi connectivity index (χ3n) is 3.55. The van der Waals surface area contributed by atoms with E-state index < -0.39 is 5.92 Å². The third-order valence-corrected chi connectivity index (χ3v) is 3.55. The van der Waals surface area contributed by atoms with E-state index in [2.05, 4.69) is 31.7 Å². The third kappa shape index (κ3) is 2.82. The van der Waals surface area contributed by atoms with Gasteiger partial charge in [-0.25, -0.2) is 8.78 Å². The van der Waals surface area contributed by atoms with Crippen LogP contribution in [0.25, 0.3) is 0 Å². The molecular formula is C15H21F2N. The Bertz CT molecular complexity index is 411. The molecular weight excluding hydrogens is 232 g/mol. The Morgan fingerprint density at radius 1 is 1.06 bits per heavy atom. The number of rotatable bonds is 1. The fourth-order valence-electron chi connectivity index (χ4n) is 2.46. The summed E-state index contributed by atoms with van der Waals surface area (Å²) < 4.78 is 26.4. The highest BCUT2D eigenvalue weighted by molar-refractivity contribution is 5.56. The Morgan fingerprint density at radius 2 is 1.61 bits per heavy atom. The van der Waals surface area contributed by atoms with Crippen molar-refractivity contribution in [3.8, 4) is 0 Å². The van der Waals surface area contributed by atoms with Crippen molar-refractivity contribution < 1.29 is 8.78 Å². The van der Waals surface area contributed by atoms with Crippen LogP contribution in [0.3, 0.4) is 0 Å². The molecule has 1 aromatic carbocycles. The van der Waals surface area contributed by atoms with Crippen LogP contribution in [-0.4, -0.2) is 19.0 Å². The van der Waals surface area contributed by atoms with E-state index in [9.17, 15) is 8.78 Å². The first-order valence-corrected chi connectivity index (χ1v) is 6.52. The summed E-state index contributed by atoms with van der Waals surface area (Å²) in [5.74, 6) is -2.48. The molecule has 0 saturated carbocycles. The lowest BCUT2D eigenvalue weighted by molar-refractivity contribution is -0.0220. The van der Waals surface area contributed by atoms with Gasteiger partial charge in [0.1, 0.15) is 0 Å². The number of nitrogens with zero attached hydrogens (tertiary/aromatic N) is 1. The summed E-state index contributed by atoms with van der Waals surface area (Å²) in [5, 5.41) is 0. The van der Waals surface area contributed by atoms with Gasteiger partial charge in [0.2, 0.25) is 0 Å². The average molecular weight is 253 g/mol. The van der Waals surface area contributed by atoms with Crippen LogP contribution in [0, 0.1) is 0 Å². The Morgan fingerprint density at radius 3 is 2.17 bits per heavy atom. The van der Waals surface area contributed by atoms with Crippen LogP contribution in [0.2, 0.25) is 0 Å². The highest BCUT2D eigenvalue weighted by atomic mass is 19.3. The molecule has 1 fully saturated rings. The number of anilines is 1. The second-order valence-corrected chi connectivity index (χ2v) is 6.11. The van der Waals surface area contributed by atoms with E-state index >= 15 is 0 Å². The van der Waals surface area contributed by atoms with Crippen molar-refractivity contribution in [2.45, 2.75) is 45.0 Å². The van der Waals surface area contributed by atoms with Crippen molar-refractivity contribution in [2.24, 2.45) is 0 Å². The van der Waals surface area contributed by atoms with Crippen molar-refractivity contribution in [2.75, 3.05) is 18.0 Å². The van der Waals surface area contributed by atoms with Gasteiger partial charge in [-0.15, -0.1) is 0 Å². The molecule has 18 heavy (non-hydrogen) atoms. The summed E-state index contributed by atoms with van der Waals surface area (Å²) in [6, 6.07) is 8.14. The van der Waals surface area contributed by atoms with E-state index in [1.807, 2.05) is 18.2 Å². The second-order valence-electron chi connectivity index (χ2n) is 6.11. The SMILES string of the molecule is CC(C)(C)c1ccccc1N1CCC(F)(F)CC1. The van der Waals surface area contributed by atoms with Crippen molar-refractivity contribution in [1.82, 2.24) is 0 Å². The highest BCUT2D eigenvalue weighted by Crippen LogP contribution is 2.36. The Balaban J connectivity index is 2.25. The minimum atomic E-state index is -2.48. The molecule has 100 valence electrons. The zero-order chi connectivity index (χ0) is 13.4. The Hall–Kier alpha value is -1.12. The summed E-state index contributed by atoms with van der Waals surface area (Å²) in [6.07, 6.45) is -0.0725. The fourth-order valence-corrected chi connectivity index (χ4v) is 2.46. The van der Waals surface area contributed by atoms with E-state index in [1.165, 1.54) is 5.56 Å². The highest BCUT2D eigenvalue weighted by Gasteiger charge is 2.35. The maximum atomic E-state index is 13.2. The van der Waals surface area contributed by atoms with Crippen LogP contribution in [0.15, 0.2) is 24.3 Å². The zero-order valence-corrected chi connectivity index (χ0v) is 11.3. The van der Waals surface area contributed by atoms with E-state index in [0.29, 0.717) is 13.1 Å². The standard InChI is InChI=1S/C15H21F2N/c1-14(2,3)12-6-4-5-7-13(12)18-10-8-15(16,17)9-11-18/h4-7H,8-11H2,1-3H3. The molecule has 1 aliphatic heterocycles. The number of alkyl halides is 2. The van der Waals surface area contributed by atoms with Gasteiger partial charge in [0.05, 0.1) is 0 Å². The van der Waals surface area contributed by atoms with E-state index in [4.69, 9.17) is 0 Å². The Labute approximate surface area is 108 Å². The normalized spacial score (nSPS) is 19.9. The van der Waals surface area contributed by atoms with Crippen LogP contribution < -0.4 is 4.90 Å².